The Morgan fingerprint density at radius 2 is 2.27 bits per heavy atom. The van der Waals surface area contributed by atoms with Gasteiger partial charge < -0.3 is 4.74 Å². The van der Waals surface area contributed by atoms with Gasteiger partial charge in [0.15, 0.2) is 0 Å². The minimum Gasteiger partial charge on any atom is -0.456 e. The van der Waals surface area contributed by atoms with E-state index < -0.39 is 5.60 Å². The maximum atomic E-state index is 11.7. The average molecular weight is 223 g/mol. The highest BCUT2D eigenvalue weighted by Crippen LogP contribution is 2.21. The highest BCUT2D eigenvalue weighted by Gasteiger charge is 2.21. The molecule has 0 aliphatic carbocycles. The van der Waals surface area contributed by atoms with E-state index in [1.54, 1.807) is 11.4 Å². The van der Waals surface area contributed by atoms with Crippen LogP contribution in [0.25, 0.3) is 0 Å². The van der Waals surface area contributed by atoms with Crippen LogP contribution in [0.4, 0.5) is 0 Å². The Bertz CT molecular complexity index is 395. The van der Waals surface area contributed by atoms with Gasteiger partial charge in [-0.2, -0.15) is 5.26 Å². The van der Waals surface area contributed by atoms with Crippen molar-refractivity contribution >= 4 is 17.3 Å². The van der Waals surface area contributed by atoms with Crippen molar-refractivity contribution in [2.45, 2.75) is 32.8 Å². The van der Waals surface area contributed by atoms with E-state index in [0.29, 0.717) is 4.88 Å². The van der Waals surface area contributed by atoms with Gasteiger partial charge in [0.05, 0.1) is 12.5 Å². The molecule has 80 valence electrons. The van der Waals surface area contributed by atoms with Gasteiger partial charge in [-0.15, -0.1) is 11.3 Å². The minimum atomic E-state index is -0.495. The summed E-state index contributed by atoms with van der Waals surface area (Å²) >= 11 is 1.31. The SMILES string of the molecule is CC(C)(C)OC(=O)c1sccc1CC#N. The molecule has 0 spiro atoms. The van der Waals surface area contributed by atoms with Gasteiger partial charge in [-0.25, -0.2) is 4.79 Å². The highest BCUT2D eigenvalue weighted by molar-refractivity contribution is 7.12. The van der Waals surface area contributed by atoms with Crippen molar-refractivity contribution in [2.24, 2.45) is 0 Å². The molecule has 3 nitrogen and oxygen atoms in total. The van der Waals surface area contributed by atoms with Crippen LogP contribution in [0, 0.1) is 11.3 Å². The smallest absolute Gasteiger partial charge is 0.349 e. The molecule has 1 rings (SSSR count). The van der Waals surface area contributed by atoms with Crippen LogP contribution >= 0.6 is 11.3 Å². The van der Waals surface area contributed by atoms with Crippen LogP contribution in [0.3, 0.4) is 0 Å². The number of carbonyl (C=O) groups is 1. The van der Waals surface area contributed by atoms with Gasteiger partial charge in [-0.05, 0) is 37.8 Å². The summed E-state index contributed by atoms with van der Waals surface area (Å²) in [4.78, 5) is 12.2. The lowest BCUT2D eigenvalue weighted by Gasteiger charge is -2.19. The molecule has 0 aliphatic rings. The van der Waals surface area contributed by atoms with Gasteiger partial charge in [0.2, 0.25) is 0 Å². The van der Waals surface area contributed by atoms with Crippen molar-refractivity contribution in [1.82, 2.24) is 0 Å². The molecule has 0 N–H and O–H groups in total. The van der Waals surface area contributed by atoms with Crippen LogP contribution in [0.15, 0.2) is 11.4 Å². The van der Waals surface area contributed by atoms with Crippen molar-refractivity contribution in [3.63, 3.8) is 0 Å². The summed E-state index contributed by atoms with van der Waals surface area (Å²) in [7, 11) is 0. The molecule has 0 bridgehead atoms. The lowest BCUT2D eigenvalue weighted by molar-refractivity contribution is 0.00744. The van der Waals surface area contributed by atoms with Gasteiger partial charge in [0.1, 0.15) is 10.5 Å². The number of carbonyl (C=O) groups excluding carboxylic acids is 1. The van der Waals surface area contributed by atoms with E-state index in [4.69, 9.17) is 10.00 Å². The lowest BCUT2D eigenvalue weighted by Crippen LogP contribution is -2.23. The zero-order chi connectivity index (χ0) is 11.5. The summed E-state index contributed by atoms with van der Waals surface area (Å²) in [6, 6.07) is 3.81. The summed E-state index contributed by atoms with van der Waals surface area (Å²) in [5.74, 6) is -0.345. The second-order valence-electron chi connectivity index (χ2n) is 4.11. The van der Waals surface area contributed by atoms with Gasteiger partial charge in [0.25, 0.3) is 0 Å². The first-order chi connectivity index (χ1) is 6.94. The summed E-state index contributed by atoms with van der Waals surface area (Å²) in [6.45, 7) is 5.47. The van der Waals surface area contributed by atoms with Gasteiger partial charge in [0, 0.05) is 0 Å². The molecule has 0 atom stereocenters. The maximum Gasteiger partial charge on any atom is 0.349 e. The monoisotopic (exact) mass is 223 g/mol. The van der Waals surface area contributed by atoms with Crippen molar-refractivity contribution < 1.29 is 9.53 Å². The Morgan fingerprint density at radius 3 is 2.80 bits per heavy atom. The summed E-state index contributed by atoms with van der Waals surface area (Å²) < 4.78 is 5.23. The molecule has 4 heteroatoms. The number of thiophene rings is 1. The zero-order valence-corrected chi connectivity index (χ0v) is 9.85. The quantitative estimate of drug-likeness (QED) is 0.724. The normalized spacial score (nSPS) is 10.8. The zero-order valence-electron chi connectivity index (χ0n) is 9.03. The van der Waals surface area contributed by atoms with Gasteiger partial charge in [-0.1, -0.05) is 0 Å². The Kier molecular flexibility index (Phi) is 3.48. The molecular weight excluding hydrogens is 210 g/mol. The number of ether oxygens (including phenoxy) is 1. The Morgan fingerprint density at radius 1 is 1.60 bits per heavy atom. The lowest BCUT2D eigenvalue weighted by atomic mass is 10.2. The predicted molar refractivity (Wildman–Crippen MR) is 58.8 cm³/mol. The summed E-state index contributed by atoms with van der Waals surface area (Å²) in [5, 5.41) is 10.4. The van der Waals surface area contributed by atoms with Crippen molar-refractivity contribution in [3.8, 4) is 6.07 Å². The van der Waals surface area contributed by atoms with Crippen LogP contribution in [-0.4, -0.2) is 11.6 Å². The second-order valence-corrected chi connectivity index (χ2v) is 5.03. The third kappa shape index (κ3) is 3.37. The molecule has 0 aromatic carbocycles. The molecule has 0 aliphatic heterocycles. The minimum absolute atomic E-state index is 0.248. The Labute approximate surface area is 93.3 Å². The van der Waals surface area contributed by atoms with Crippen LogP contribution in [0.5, 0.6) is 0 Å². The van der Waals surface area contributed by atoms with E-state index >= 15 is 0 Å². The Hall–Kier alpha value is -1.34. The van der Waals surface area contributed by atoms with E-state index in [-0.39, 0.29) is 12.4 Å². The predicted octanol–water partition coefficient (Wildman–Crippen LogP) is 2.77. The van der Waals surface area contributed by atoms with Crippen molar-refractivity contribution in [3.05, 3.63) is 21.9 Å². The largest absolute Gasteiger partial charge is 0.456 e. The van der Waals surface area contributed by atoms with E-state index in [9.17, 15) is 4.79 Å². The number of hydrogen-bond acceptors (Lipinski definition) is 4. The van der Waals surface area contributed by atoms with Crippen LogP contribution in [0.1, 0.15) is 36.0 Å². The molecular formula is C11H13NO2S. The van der Waals surface area contributed by atoms with E-state index in [2.05, 4.69) is 0 Å². The summed E-state index contributed by atoms with van der Waals surface area (Å²) in [6.07, 6.45) is 0.248. The Balaban J connectivity index is 2.83. The van der Waals surface area contributed by atoms with Gasteiger partial charge in [-0.3, -0.25) is 0 Å². The molecule has 0 saturated carbocycles. The van der Waals surface area contributed by atoms with E-state index in [1.165, 1.54) is 11.3 Å². The van der Waals surface area contributed by atoms with Crippen molar-refractivity contribution in [2.75, 3.05) is 0 Å². The fraction of sp³-hybridized carbons (Fsp3) is 0.455. The first-order valence-corrected chi connectivity index (χ1v) is 5.48. The first-order valence-electron chi connectivity index (χ1n) is 4.60. The second kappa shape index (κ2) is 4.45. The highest BCUT2D eigenvalue weighted by atomic mass is 32.1. The number of nitrogens with zero attached hydrogens (tertiary/aromatic N) is 1. The first kappa shape index (κ1) is 11.7. The van der Waals surface area contributed by atoms with Gasteiger partial charge >= 0.3 is 5.97 Å². The maximum absolute atomic E-state index is 11.7. The number of nitriles is 1. The molecule has 1 heterocycles. The molecule has 0 fully saturated rings. The van der Waals surface area contributed by atoms with Crippen LogP contribution in [-0.2, 0) is 11.2 Å². The molecule has 15 heavy (non-hydrogen) atoms. The van der Waals surface area contributed by atoms with E-state index in [1.807, 2.05) is 26.8 Å². The van der Waals surface area contributed by atoms with Crippen LogP contribution < -0.4 is 0 Å². The topological polar surface area (TPSA) is 50.1 Å². The molecule has 1 aromatic rings. The third-order valence-electron chi connectivity index (χ3n) is 1.60. The average Bonchev–Trinajstić information content (AvgIpc) is 2.49. The molecule has 0 amide bonds. The number of rotatable bonds is 2. The fourth-order valence-corrected chi connectivity index (χ4v) is 1.86. The van der Waals surface area contributed by atoms with Crippen molar-refractivity contribution in [1.29, 1.82) is 5.26 Å². The standard InChI is InChI=1S/C11H13NO2S/c1-11(2,3)14-10(13)9-8(4-6-12)5-7-15-9/h5,7H,4H2,1-3H3. The number of hydrogen-bond donors (Lipinski definition) is 0. The molecule has 1 aromatic heterocycles. The third-order valence-corrected chi connectivity index (χ3v) is 2.54. The summed E-state index contributed by atoms with van der Waals surface area (Å²) in [5.41, 5.74) is 0.252. The van der Waals surface area contributed by atoms with Crippen LogP contribution in [0.2, 0.25) is 0 Å². The molecule has 0 unspecified atom stereocenters. The fourth-order valence-electron chi connectivity index (χ4n) is 1.06. The van der Waals surface area contributed by atoms with E-state index in [0.717, 1.165) is 5.56 Å². The number of esters is 1. The molecule has 0 radical (unpaired) electrons. The molecule has 0 saturated heterocycles.